The number of hydrogen-bond donors (Lipinski definition) is 1. The number of nitrogens with zero attached hydrogens (tertiary/aromatic N) is 1. The largest absolute Gasteiger partial charge is 0.444 e. The minimum Gasteiger partial charge on any atom is -0.444 e. The van der Waals surface area contributed by atoms with Crippen LogP contribution in [0.5, 0.6) is 0 Å². The van der Waals surface area contributed by atoms with Crippen LogP contribution in [-0.4, -0.2) is 29.0 Å². The molecule has 0 saturated heterocycles. The van der Waals surface area contributed by atoms with Gasteiger partial charge >= 0.3 is 6.09 Å². The predicted molar refractivity (Wildman–Crippen MR) is 103 cm³/mol. The maximum Gasteiger partial charge on any atom is 0.410 e. The van der Waals surface area contributed by atoms with Crippen molar-refractivity contribution in [2.24, 2.45) is 0 Å². The SMILES string of the molecule is CCN(Cc1cccc(NC(=O)c2ccc(F)c(F)c2)c1)C(=O)OC(C)(C)C. The van der Waals surface area contributed by atoms with E-state index in [1.807, 2.05) is 13.0 Å². The Hall–Kier alpha value is -2.96. The number of hydrogen-bond acceptors (Lipinski definition) is 3. The summed E-state index contributed by atoms with van der Waals surface area (Å²) in [6.45, 7) is 8.01. The van der Waals surface area contributed by atoms with Gasteiger partial charge in [-0.25, -0.2) is 13.6 Å². The average Bonchev–Trinajstić information content (AvgIpc) is 2.60. The second kappa shape index (κ2) is 8.82. The lowest BCUT2D eigenvalue weighted by Crippen LogP contribution is -2.36. The molecule has 0 fully saturated rings. The summed E-state index contributed by atoms with van der Waals surface area (Å²) in [4.78, 5) is 26.1. The van der Waals surface area contributed by atoms with Gasteiger partial charge in [-0.2, -0.15) is 0 Å². The van der Waals surface area contributed by atoms with E-state index in [4.69, 9.17) is 4.74 Å². The van der Waals surface area contributed by atoms with Gasteiger partial charge in [0.1, 0.15) is 5.60 Å². The average molecular weight is 390 g/mol. The molecule has 28 heavy (non-hydrogen) atoms. The fraction of sp³-hybridized carbons (Fsp3) is 0.333. The second-order valence-electron chi connectivity index (χ2n) is 7.28. The molecule has 5 nitrogen and oxygen atoms in total. The zero-order valence-electron chi connectivity index (χ0n) is 16.4. The summed E-state index contributed by atoms with van der Waals surface area (Å²) in [5.41, 5.74) is 0.682. The van der Waals surface area contributed by atoms with Crippen LogP contribution in [0.3, 0.4) is 0 Å². The number of carbonyl (C=O) groups is 2. The first kappa shape index (κ1) is 21.3. The monoisotopic (exact) mass is 390 g/mol. The van der Waals surface area contributed by atoms with Crippen LogP contribution < -0.4 is 5.32 Å². The molecule has 0 bridgehead atoms. The minimum atomic E-state index is -1.09. The zero-order valence-corrected chi connectivity index (χ0v) is 16.4. The van der Waals surface area contributed by atoms with E-state index in [1.54, 1.807) is 43.9 Å². The Bertz CT molecular complexity index is 863. The van der Waals surface area contributed by atoms with E-state index in [1.165, 1.54) is 6.07 Å². The fourth-order valence-corrected chi connectivity index (χ4v) is 2.44. The van der Waals surface area contributed by atoms with Crippen molar-refractivity contribution >= 4 is 17.7 Å². The van der Waals surface area contributed by atoms with Crippen LogP contribution >= 0.6 is 0 Å². The first-order valence-corrected chi connectivity index (χ1v) is 8.92. The van der Waals surface area contributed by atoms with Gasteiger partial charge in [0, 0.05) is 24.3 Å². The van der Waals surface area contributed by atoms with Crippen molar-refractivity contribution in [1.82, 2.24) is 4.90 Å². The molecule has 0 radical (unpaired) electrons. The molecular formula is C21H24F2N2O3. The molecule has 0 heterocycles. The van der Waals surface area contributed by atoms with Gasteiger partial charge in [0.15, 0.2) is 11.6 Å². The summed E-state index contributed by atoms with van der Waals surface area (Å²) in [7, 11) is 0. The normalized spacial score (nSPS) is 11.1. The van der Waals surface area contributed by atoms with E-state index in [2.05, 4.69) is 5.32 Å². The first-order chi connectivity index (χ1) is 13.1. The Morgan fingerprint density at radius 3 is 2.39 bits per heavy atom. The van der Waals surface area contributed by atoms with E-state index in [9.17, 15) is 18.4 Å². The highest BCUT2D eigenvalue weighted by Gasteiger charge is 2.21. The highest BCUT2D eigenvalue weighted by atomic mass is 19.2. The Morgan fingerprint density at radius 1 is 1.07 bits per heavy atom. The minimum absolute atomic E-state index is 0.00763. The van der Waals surface area contributed by atoms with Crippen LogP contribution in [0.4, 0.5) is 19.3 Å². The lowest BCUT2D eigenvalue weighted by Gasteiger charge is -2.26. The summed E-state index contributed by atoms with van der Waals surface area (Å²) >= 11 is 0. The molecule has 0 aliphatic rings. The van der Waals surface area contributed by atoms with Gasteiger partial charge in [-0.05, 0) is 63.6 Å². The molecule has 0 saturated carbocycles. The van der Waals surface area contributed by atoms with Crippen molar-refractivity contribution < 1.29 is 23.1 Å². The number of ether oxygens (including phenoxy) is 1. The number of halogens is 2. The van der Waals surface area contributed by atoms with Crippen LogP contribution in [0.1, 0.15) is 43.6 Å². The van der Waals surface area contributed by atoms with Gasteiger partial charge in [0.2, 0.25) is 0 Å². The Balaban J connectivity index is 2.09. The maximum absolute atomic E-state index is 13.3. The summed E-state index contributed by atoms with van der Waals surface area (Å²) in [5, 5.41) is 2.64. The number of carbonyl (C=O) groups excluding carboxylic acids is 2. The third kappa shape index (κ3) is 6.04. The Labute approximate surface area is 163 Å². The van der Waals surface area contributed by atoms with Gasteiger partial charge in [-0.1, -0.05) is 12.1 Å². The Kier molecular flexibility index (Phi) is 6.72. The number of benzene rings is 2. The molecule has 2 aromatic rings. The van der Waals surface area contributed by atoms with Crippen LogP contribution in [0.25, 0.3) is 0 Å². The van der Waals surface area contributed by atoms with Crippen molar-refractivity contribution in [2.75, 3.05) is 11.9 Å². The number of anilines is 1. The molecular weight excluding hydrogens is 366 g/mol. The topological polar surface area (TPSA) is 58.6 Å². The molecule has 2 amide bonds. The van der Waals surface area contributed by atoms with Gasteiger partial charge < -0.3 is 15.0 Å². The van der Waals surface area contributed by atoms with Gasteiger partial charge in [-0.15, -0.1) is 0 Å². The van der Waals surface area contributed by atoms with E-state index in [-0.39, 0.29) is 5.56 Å². The van der Waals surface area contributed by atoms with E-state index >= 15 is 0 Å². The van der Waals surface area contributed by atoms with E-state index < -0.39 is 29.2 Å². The van der Waals surface area contributed by atoms with Gasteiger partial charge in [0.25, 0.3) is 5.91 Å². The van der Waals surface area contributed by atoms with Crippen molar-refractivity contribution in [3.8, 4) is 0 Å². The number of nitrogens with one attached hydrogen (secondary N) is 1. The maximum atomic E-state index is 13.3. The summed E-state index contributed by atoms with van der Waals surface area (Å²) in [5.74, 6) is -2.66. The predicted octanol–water partition coefficient (Wildman–Crippen LogP) is 4.97. The van der Waals surface area contributed by atoms with Crippen LogP contribution in [0.2, 0.25) is 0 Å². The Morgan fingerprint density at radius 2 is 1.79 bits per heavy atom. The van der Waals surface area contributed by atoms with E-state index in [0.717, 1.165) is 17.7 Å². The van der Waals surface area contributed by atoms with Gasteiger partial charge in [0.05, 0.1) is 0 Å². The van der Waals surface area contributed by atoms with Crippen molar-refractivity contribution in [3.63, 3.8) is 0 Å². The van der Waals surface area contributed by atoms with Crippen molar-refractivity contribution in [1.29, 1.82) is 0 Å². The van der Waals surface area contributed by atoms with Crippen molar-refractivity contribution in [3.05, 3.63) is 65.2 Å². The molecule has 7 heteroatoms. The molecule has 1 N–H and O–H groups in total. The summed E-state index contributed by atoms with van der Waals surface area (Å²) < 4.78 is 31.7. The third-order valence-corrected chi connectivity index (χ3v) is 3.77. The zero-order chi connectivity index (χ0) is 20.9. The standard InChI is InChI=1S/C21H24F2N2O3/c1-5-25(20(27)28-21(2,3)4)13-14-7-6-8-16(11-14)24-19(26)15-9-10-17(22)18(23)12-15/h6-12H,5,13H2,1-4H3,(H,24,26). The number of rotatable bonds is 5. The van der Waals surface area contributed by atoms with E-state index in [0.29, 0.717) is 18.8 Å². The molecule has 0 aliphatic heterocycles. The van der Waals surface area contributed by atoms with Crippen LogP contribution in [-0.2, 0) is 11.3 Å². The van der Waals surface area contributed by atoms with Gasteiger partial charge in [-0.3, -0.25) is 4.79 Å². The highest BCUT2D eigenvalue weighted by molar-refractivity contribution is 6.04. The molecule has 0 aromatic heterocycles. The van der Waals surface area contributed by atoms with Crippen LogP contribution in [0, 0.1) is 11.6 Å². The molecule has 150 valence electrons. The lowest BCUT2D eigenvalue weighted by molar-refractivity contribution is 0.0244. The summed E-state index contributed by atoms with van der Waals surface area (Å²) in [6, 6.07) is 9.89. The lowest BCUT2D eigenvalue weighted by atomic mass is 10.1. The molecule has 2 aromatic carbocycles. The molecule has 0 aliphatic carbocycles. The molecule has 2 rings (SSSR count). The quantitative estimate of drug-likeness (QED) is 0.784. The molecule has 0 atom stereocenters. The summed E-state index contributed by atoms with van der Waals surface area (Å²) in [6.07, 6.45) is -0.425. The highest BCUT2D eigenvalue weighted by Crippen LogP contribution is 2.17. The smallest absolute Gasteiger partial charge is 0.410 e. The van der Waals surface area contributed by atoms with Crippen LogP contribution in [0.15, 0.2) is 42.5 Å². The first-order valence-electron chi connectivity index (χ1n) is 8.92. The second-order valence-corrected chi connectivity index (χ2v) is 7.28. The molecule has 0 unspecified atom stereocenters. The van der Waals surface area contributed by atoms with Crippen molar-refractivity contribution in [2.45, 2.75) is 39.8 Å². The fourth-order valence-electron chi connectivity index (χ4n) is 2.44. The number of amides is 2. The third-order valence-electron chi connectivity index (χ3n) is 3.77. The molecule has 0 spiro atoms.